The highest BCUT2D eigenvalue weighted by Crippen LogP contribution is 2.38. The molecule has 3 aliphatic rings. The van der Waals surface area contributed by atoms with E-state index in [0.717, 1.165) is 48.8 Å². The molecule has 9 heteroatoms. The number of nitrogens with zero attached hydrogens (tertiary/aromatic N) is 5. The first-order chi connectivity index (χ1) is 14.0. The van der Waals surface area contributed by atoms with Crippen molar-refractivity contribution in [2.24, 2.45) is 5.92 Å². The topological polar surface area (TPSA) is 65.9 Å². The van der Waals surface area contributed by atoms with E-state index < -0.39 is 0 Å². The predicted molar refractivity (Wildman–Crippen MR) is 111 cm³/mol. The van der Waals surface area contributed by atoms with Crippen LogP contribution >= 0.6 is 11.6 Å². The van der Waals surface area contributed by atoms with E-state index in [1.54, 1.807) is 16.2 Å². The molecule has 4 heterocycles. The normalized spacial score (nSPS) is 18.1. The second kappa shape index (κ2) is 6.96. The van der Waals surface area contributed by atoms with Gasteiger partial charge in [-0.15, -0.1) is 0 Å². The highest BCUT2D eigenvalue weighted by molar-refractivity contribution is 6.31. The van der Waals surface area contributed by atoms with Gasteiger partial charge in [0.25, 0.3) is 0 Å². The van der Waals surface area contributed by atoms with E-state index in [4.69, 9.17) is 16.4 Å². The molecule has 8 nitrogen and oxygen atoms in total. The van der Waals surface area contributed by atoms with Gasteiger partial charge in [0.15, 0.2) is 5.82 Å². The van der Waals surface area contributed by atoms with E-state index in [1.807, 2.05) is 33.9 Å². The SMILES string of the molecule is CC(C)C1=CN(c2ncn3c2CN(C(=O)N2CCCC2)c2cc(Cl)ccc2-3)NO1. The number of likely N-dealkylation sites (tertiary alicyclic amines) is 1. The summed E-state index contributed by atoms with van der Waals surface area (Å²) in [6, 6.07) is 5.62. The Bertz CT molecular complexity index is 995. The maximum absolute atomic E-state index is 13.3. The lowest BCUT2D eigenvalue weighted by Crippen LogP contribution is -2.44. The Morgan fingerprint density at radius 1 is 1.24 bits per heavy atom. The van der Waals surface area contributed by atoms with Crippen LogP contribution in [0.2, 0.25) is 5.02 Å². The van der Waals surface area contributed by atoms with E-state index in [-0.39, 0.29) is 11.9 Å². The minimum Gasteiger partial charge on any atom is -0.391 e. The van der Waals surface area contributed by atoms with Crippen molar-refractivity contribution in [3.8, 4) is 5.69 Å². The molecule has 1 aromatic carbocycles. The van der Waals surface area contributed by atoms with Crippen LogP contribution in [0.15, 0.2) is 36.5 Å². The molecule has 0 bridgehead atoms. The van der Waals surface area contributed by atoms with E-state index in [9.17, 15) is 4.79 Å². The number of urea groups is 1. The second-order valence-electron chi connectivity index (χ2n) is 7.83. The molecule has 2 amide bonds. The summed E-state index contributed by atoms with van der Waals surface area (Å²) in [5, 5.41) is 2.37. The molecule has 0 spiro atoms. The van der Waals surface area contributed by atoms with Crippen LogP contribution < -0.4 is 15.5 Å². The van der Waals surface area contributed by atoms with Crippen molar-refractivity contribution in [1.82, 2.24) is 20.0 Å². The van der Waals surface area contributed by atoms with Crippen molar-refractivity contribution in [3.05, 3.63) is 47.2 Å². The Morgan fingerprint density at radius 3 is 2.76 bits per heavy atom. The minimum atomic E-state index is 0.00783. The summed E-state index contributed by atoms with van der Waals surface area (Å²) in [6.07, 6.45) is 5.77. The lowest BCUT2D eigenvalue weighted by atomic mass is 10.1. The molecular weight excluding hydrogens is 392 g/mol. The number of halogens is 1. The average Bonchev–Trinajstić information content (AvgIpc) is 3.46. The first-order valence-corrected chi connectivity index (χ1v) is 10.3. The van der Waals surface area contributed by atoms with Crippen LogP contribution in [0.5, 0.6) is 0 Å². The molecule has 0 aliphatic carbocycles. The number of carbonyl (C=O) groups is 1. The second-order valence-corrected chi connectivity index (χ2v) is 8.27. The summed E-state index contributed by atoms with van der Waals surface area (Å²) in [4.78, 5) is 27.2. The quantitative estimate of drug-likeness (QED) is 0.809. The number of amides is 2. The smallest absolute Gasteiger partial charge is 0.324 e. The number of benzene rings is 1. The fourth-order valence-corrected chi connectivity index (χ4v) is 4.14. The number of aromatic nitrogens is 2. The van der Waals surface area contributed by atoms with Crippen LogP contribution in [0, 0.1) is 5.92 Å². The number of hydrazine groups is 1. The highest BCUT2D eigenvalue weighted by atomic mass is 35.5. The lowest BCUT2D eigenvalue weighted by molar-refractivity contribution is 0.112. The maximum Gasteiger partial charge on any atom is 0.324 e. The Kier molecular flexibility index (Phi) is 4.40. The van der Waals surface area contributed by atoms with E-state index in [0.29, 0.717) is 17.4 Å². The molecule has 29 heavy (non-hydrogen) atoms. The van der Waals surface area contributed by atoms with Crippen molar-refractivity contribution in [2.45, 2.75) is 33.2 Å². The van der Waals surface area contributed by atoms with Gasteiger partial charge < -0.3 is 9.74 Å². The Hall–Kier alpha value is -2.71. The molecule has 152 valence electrons. The summed E-state index contributed by atoms with van der Waals surface area (Å²) in [5.41, 5.74) is 5.50. The first kappa shape index (κ1) is 18.3. The van der Waals surface area contributed by atoms with Crippen LogP contribution in [0.1, 0.15) is 32.4 Å². The van der Waals surface area contributed by atoms with Crippen molar-refractivity contribution in [2.75, 3.05) is 23.0 Å². The third-order valence-electron chi connectivity index (χ3n) is 5.56. The molecule has 0 radical (unpaired) electrons. The third kappa shape index (κ3) is 3.03. The molecule has 2 aromatic rings. The van der Waals surface area contributed by atoms with E-state index >= 15 is 0 Å². The molecular formula is C20H23ClN6O2. The number of nitrogens with one attached hydrogen (secondary N) is 1. The zero-order chi connectivity index (χ0) is 20.1. The van der Waals surface area contributed by atoms with Gasteiger partial charge in [-0.3, -0.25) is 9.47 Å². The predicted octanol–water partition coefficient (Wildman–Crippen LogP) is 3.82. The third-order valence-corrected chi connectivity index (χ3v) is 5.80. The molecule has 5 rings (SSSR count). The zero-order valence-electron chi connectivity index (χ0n) is 16.4. The molecule has 1 aromatic heterocycles. The van der Waals surface area contributed by atoms with Gasteiger partial charge in [0, 0.05) is 24.0 Å². The summed E-state index contributed by atoms with van der Waals surface area (Å²) in [6.45, 7) is 6.12. The van der Waals surface area contributed by atoms with Crippen LogP contribution in [0.4, 0.5) is 16.3 Å². The fourth-order valence-electron chi connectivity index (χ4n) is 3.97. The van der Waals surface area contributed by atoms with Gasteiger partial charge in [0.05, 0.1) is 29.8 Å². The Labute approximate surface area is 174 Å². The van der Waals surface area contributed by atoms with Crippen LogP contribution in [-0.2, 0) is 11.4 Å². The molecule has 1 fully saturated rings. The molecule has 0 unspecified atom stereocenters. The van der Waals surface area contributed by atoms with Crippen LogP contribution in [-0.4, -0.2) is 33.6 Å². The molecule has 0 atom stereocenters. The van der Waals surface area contributed by atoms with Gasteiger partial charge in [-0.1, -0.05) is 31.0 Å². The monoisotopic (exact) mass is 414 g/mol. The summed E-state index contributed by atoms with van der Waals surface area (Å²) < 4.78 is 2.01. The van der Waals surface area contributed by atoms with Crippen molar-refractivity contribution < 1.29 is 9.63 Å². The van der Waals surface area contributed by atoms with Crippen molar-refractivity contribution >= 4 is 29.1 Å². The standard InChI is InChI=1S/C20H23ClN6O2/c1-13(2)18-11-27(23-29-18)19-17-10-25(20(28)24-7-3-4-8-24)16-9-14(21)5-6-15(16)26(17)12-22-19/h5-6,9,11-13,23H,3-4,7-8,10H2,1-2H3. The average molecular weight is 415 g/mol. The van der Waals surface area contributed by atoms with E-state index in [2.05, 4.69) is 24.4 Å². The number of imidazole rings is 1. The highest BCUT2D eigenvalue weighted by Gasteiger charge is 2.34. The van der Waals surface area contributed by atoms with Crippen LogP contribution in [0.3, 0.4) is 0 Å². The van der Waals surface area contributed by atoms with Gasteiger partial charge in [-0.05, 0) is 31.0 Å². The summed E-state index contributed by atoms with van der Waals surface area (Å²) >= 11 is 6.27. The number of anilines is 2. The number of carbonyl (C=O) groups excluding carboxylic acids is 1. The lowest BCUT2D eigenvalue weighted by Gasteiger charge is -2.34. The number of rotatable bonds is 2. The Morgan fingerprint density at radius 2 is 2.03 bits per heavy atom. The number of allylic oxidation sites excluding steroid dienone is 1. The van der Waals surface area contributed by atoms with Crippen molar-refractivity contribution in [3.63, 3.8) is 0 Å². The van der Waals surface area contributed by atoms with E-state index in [1.165, 1.54) is 0 Å². The number of hydrogen-bond acceptors (Lipinski definition) is 5. The zero-order valence-corrected chi connectivity index (χ0v) is 17.2. The Balaban J connectivity index is 1.57. The molecule has 1 N–H and O–H groups in total. The maximum atomic E-state index is 13.3. The molecule has 1 saturated heterocycles. The van der Waals surface area contributed by atoms with Gasteiger partial charge in [-0.2, -0.15) is 0 Å². The number of hydrogen-bond donors (Lipinski definition) is 1. The van der Waals surface area contributed by atoms with Crippen LogP contribution in [0.25, 0.3) is 5.69 Å². The minimum absolute atomic E-state index is 0.00783. The van der Waals surface area contributed by atoms with Gasteiger partial charge in [0.2, 0.25) is 0 Å². The largest absolute Gasteiger partial charge is 0.391 e. The number of fused-ring (bicyclic) bond motifs is 3. The summed E-state index contributed by atoms with van der Waals surface area (Å²) in [7, 11) is 0. The molecule has 0 saturated carbocycles. The fraction of sp³-hybridized carbons (Fsp3) is 0.400. The van der Waals surface area contributed by atoms with Gasteiger partial charge in [0.1, 0.15) is 12.1 Å². The van der Waals surface area contributed by atoms with Gasteiger partial charge in [-0.25, -0.2) is 14.8 Å². The van der Waals surface area contributed by atoms with Crippen molar-refractivity contribution in [1.29, 1.82) is 0 Å². The summed E-state index contributed by atoms with van der Waals surface area (Å²) in [5.74, 6) is 1.79. The van der Waals surface area contributed by atoms with Gasteiger partial charge >= 0.3 is 6.03 Å². The molecule has 3 aliphatic heterocycles. The first-order valence-electron chi connectivity index (χ1n) is 9.89.